The molecule has 0 radical (unpaired) electrons. The molecule has 1 heteroatoms. The quantitative estimate of drug-likeness (QED) is 0.459. The zero-order valence-electron chi connectivity index (χ0n) is 12.2. The van der Waals surface area contributed by atoms with Gasteiger partial charge in [-0.15, -0.1) is 0 Å². The van der Waals surface area contributed by atoms with Gasteiger partial charge in [-0.2, -0.15) is 0 Å². The largest absolute Gasteiger partial charge is 0.262 e. The fraction of sp³-hybridized carbons (Fsp3) is 0.667. The maximum Gasteiger partial charge on any atom is 0.0374 e. The Hall–Kier alpha value is -0.850. The average molecular weight is 221 g/mol. The van der Waals surface area contributed by atoms with Crippen LogP contribution in [0.15, 0.2) is 28.9 Å². The molecule has 0 aromatic carbocycles. The number of hydrogen-bond donors (Lipinski definition) is 0. The van der Waals surface area contributed by atoms with Crippen LogP contribution in [0.3, 0.4) is 0 Å². The Kier molecular flexibility index (Phi) is 4.72. The normalized spacial score (nSPS) is 15.2. The van der Waals surface area contributed by atoms with Gasteiger partial charge in [-0.1, -0.05) is 48.1 Å². The van der Waals surface area contributed by atoms with E-state index in [2.05, 4.69) is 66.1 Å². The summed E-state index contributed by atoms with van der Waals surface area (Å²) >= 11 is 0. The van der Waals surface area contributed by atoms with Gasteiger partial charge in [0.15, 0.2) is 0 Å². The Morgan fingerprint density at radius 3 is 1.69 bits per heavy atom. The van der Waals surface area contributed by atoms with E-state index in [1.54, 1.807) is 0 Å². The first-order chi connectivity index (χ1) is 6.94. The van der Waals surface area contributed by atoms with E-state index in [1.165, 1.54) is 0 Å². The van der Waals surface area contributed by atoms with Crippen molar-refractivity contribution >= 4 is 5.71 Å². The maximum absolute atomic E-state index is 4.62. The fourth-order valence-corrected chi connectivity index (χ4v) is 0.933. The van der Waals surface area contributed by atoms with Crippen LogP contribution in [0, 0.1) is 10.8 Å². The minimum absolute atomic E-state index is 0.117. The van der Waals surface area contributed by atoms with Crippen LogP contribution < -0.4 is 0 Å². The highest BCUT2D eigenvalue weighted by Gasteiger charge is 2.15. The average Bonchev–Trinajstić information content (AvgIpc) is 1.99. The van der Waals surface area contributed by atoms with Crippen molar-refractivity contribution in [2.45, 2.75) is 55.4 Å². The van der Waals surface area contributed by atoms with Crippen molar-refractivity contribution < 1.29 is 0 Å². The third-order valence-corrected chi connectivity index (χ3v) is 2.78. The summed E-state index contributed by atoms with van der Waals surface area (Å²) in [5, 5.41) is 0. The van der Waals surface area contributed by atoms with Gasteiger partial charge in [0.1, 0.15) is 0 Å². The minimum Gasteiger partial charge on any atom is -0.262 e. The third kappa shape index (κ3) is 5.29. The van der Waals surface area contributed by atoms with Crippen molar-refractivity contribution in [3.63, 3.8) is 0 Å². The molecule has 0 aliphatic carbocycles. The summed E-state index contributed by atoms with van der Waals surface area (Å²) in [6, 6.07) is 0. The van der Waals surface area contributed by atoms with E-state index in [0.29, 0.717) is 0 Å². The van der Waals surface area contributed by atoms with Crippen molar-refractivity contribution in [1.29, 1.82) is 0 Å². The van der Waals surface area contributed by atoms with Gasteiger partial charge in [0.05, 0.1) is 0 Å². The van der Waals surface area contributed by atoms with E-state index in [0.717, 1.165) is 17.0 Å². The van der Waals surface area contributed by atoms with Crippen molar-refractivity contribution in [1.82, 2.24) is 0 Å². The van der Waals surface area contributed by atoms with E-state index in [9.17, 15) is 0 Å². The van der Waals surface area contributed by atoms with Crippen molar-refractivity contribution in [3.8, 4) is 0 Å². The van der Waals surface area contributed by atoms with Crippen LogP contribution in [0.1, 0.15) is 55.4 Å². The van der Waals surface area contributed by atoms with E-state index in [-0.39, 0.29) is 10.8 Å². The highest BCUT2D eigenvalue weighted by Crippen LogP contribution is 2.26. The molecule has 92 valence electrons. The lowest BCUT2D eigenvalue weighted by atomic mass is 9.87. The molecule has 0 saturated carbocycles. The molecule has 0 unspecified atom stereocenters. The second kappa shape index (κ2) is 4.99. The molecule has 0 N–H and O–H groups in total. The van der Waals surface area contributed by atoms with E-state index in [4.69, 9.17) is 0 Å². The molecule has 0 aliphatic rings. The smallest absolute Gasteiger partial charge is 0.0374 e. The first-order valence-electron chi connectivity index (χ1n) is 5.88. The standard InChI is InChI=1S/C15H27N/c1-11(14(4,5)6)10-12(2)16-13(3)15(7,8)9/h10H,1H2,2-9H3/b12-10-,16-13?. The Morgan fingerprint density at radius 2 is 1.38 bits per heavy atom. The second-order valence-corrected chi connectivity index (χ2v) is 6.51. The summed E-state index contributed by atoms with van der Waals surface area (Å²) < 4.78 is 0. The summed E-state index contributed by atoms with van der Waals surface area (Å²) in [5.74, 6) is 0. The Labute approximate surface area is 101 Å². The molecular weight excluding hydrogens is 194 g/mol. The molecule has 0 fully saturated rings. The lowest BCUT2D eigenvalue weighted by Gasteiger charge is -2.20. The predicted molar refractivity (Wildman–Crippen MR) is 74.9 cm³/mol. The zero-order valence-corrected chi connectivity index (χ0v) is 12.2. The number of aliphatic imine (C=N–C) groups is 1. The molecule has 0 aromatic rings. The van der Waals surface area contributed by atoms with Crippen LogP contribution in [0.2, 0.25) is 0 Å². The first kappa shape index (κ1) is 15.2. The minimum atomic E-state index is 0.117. The van der Waals surface area contributed by atoms with Crippen LogP contribution in [0.25, 0.3) is 0 Å². The Balaban J connectivity index is 4.91. The van der Waals surface area contributed by atoms with Gasteiger partial charge < -0.3 is 0 Å². The number of rotatable bonds is 2. The van der Waals surface area contributed by atoms with Gasteiger partial charge in [-0.25, -0.2) is 0 Å². The van der Waals surface area contributed by atoms with Crippen LogP contribution in [-0.4, -0.2) is 5.71 Å². The van der Waals surface area contributed by atoms with Gasteiger partial charge >= 0.3 is 0 Å². The summed E-state index contributed by atoms with van der Waals surface area (Å²) in [6.45, 7) is 21.2. The molecular formula is C15H27N. The molecule has 16 heavy (non-hydrogen) atoms. The molecule has 0 spiro atoms. The molecule has 1 nitrogen and oxygen atoms in total. The molecule has 0 aromatic heterocycles. The SMILES string of the molecule is C=C(/C=C(/C)N=C(C)C(C)(C)C)C(C)(C)C. The lowest BCUT2D eigenvalue weighted by Crippen LogP contribution is -2.16. The van der Waals surface area contributed by atoms with Gasteiger partial charge in [0.2, 0.25) is 0 Å². The molecule has 0 heterocycles. The summed E-state index contributed by atoms with van der Waals surface area (Å²) in [5.41, 5.74) is 3.57. The fourth-order valence-electron chi connectivity index (χ4n) is 0.933. The lowest BCUT2D eigenvalue weighted by molar-refractivity contribution is 0.518. The summed E-state index contributed by atoms with van der Waals surface area (Å²) in [4.78, 5) is 4.62. The van der Waals surface area contributed by atoms with E-state index in [1.807, 2.05) is 6.92 Å². The summed E-state index contributed by atoms with van der Waals surface area (Å²) in [6.07, 6.45) is 2.08. The number of allylic oxidation sites excluding steroid dienone is 3. The van der Waals surface area contributed by atoms with Gasteiger partial charge in [0, 0.05) is 11.4 Å². The van der Waals surface area contributed by atoms with Crippen LogP contribution in [0.5, 0.6) is 0 Å². The van der Waals surface area contributed by atoms with Crippen molar-refractivity contribution in [3.05, 3.63) is 23.9 Å². The highest BCUT2D eigenvalue weighted by atomic mass is 14.8. The molecule has 0 atom stereocenters. The summed E-state index contributed by atoms with van der Waals surface area (Å²) in [7, 11) is 0. The zero-order chi connectivity index (χ0) is 13.1. The molecule has 0 rings (SSSR count). The molecule has 0 amide bonds. The third-order valence-electron chi connectivity index (χ3n) is 2.78. The van der Waals surface area contributed by atoms with Crippen molar-refractivity contribution in [2.75, 3.05) is 0 Å². The first-order valence-corrected chi connectivity index (χ1v) is 5.88. The molecule has 0 saturated heterocycles. The van der Waals surface area contributed by atoms with Gasteiger partial charge in [0.25, 0.3) is 0 Å². The monoisotopic (exact) mass is 221 g/mol. The predicted octanol–water partition coefficient (Wildman–Crippen LogP) is 5.00. The molecule has 0 aliphatic heterocycles. The van der Waals surface area contributed by atoms with E-state index >= 15 is 0 Å². The van der Waals surface area contributed by atoms with Crippen molar-refractivity contribution in [2.24, 2.45) is 15.8 Å². The molecule has 0 bridgehead atoms. The number of hydrogen-bond acceptors (Lipinski definition) is 1. The maximum atomic E-state index is 4.62. The Bertz CT molecular complexity index is 316. The van der Waals surface area contributed by atoms with Crippen LogP contribution in [-0.2, 0) is 0 Å². The Morgan fingerprint density at radius 1 is 0.938 bits per heavy atom. The highest BCUT2D eigenvalue weighted by molar-refractivity contribution is 5.87. The van der Waals surface area contributed by atoms with Crippen LogP contribution >= 0.6 is 0 Å². The second-order valence-electron chi connectivity index (χ2n) is 6.51. The van der Waals surface area contributed by atoms with Gasteiger partial charge in [-0.3, -0.25) is 4.99 Å². The number of nitrogens with zero attached hydrogens (tertiary/aromatic N) is 1. The topological polar surface area (TPSA) is 12.4 Å². The van der Waals surface area contributed by atoms with Crippen LogP contribution in [0.4, 0.5) is 0 Å². The van der Waals surface area contributed by atoms with E-state index < -0.39 is 0 Å². The van der Waals surface area contributed by atoms with Gasteiger partial charge in [-0.05, 0) is 36.3 Å².